The molecule has 142 valence electrons. The number of nitrogens with one attached hydrogen (secondary N) is 2. The maximum Gasteiger partial charge on any atom is 0.387 e. The molecule has 3 rings (SSSR count). The number of rotatable bonds is 6. The van der Waals surface area contributed by atoms with Crippen molar-refractivity contribution in [3.05, 3.63) is 54.5 Å². The summed E-state index contributed by atoms with van der Waals surface area (Å²) in [6.45, 7) is 1.04. The van der Waals surface area contributed by atoms with Gasteiger partial charge in [-0.05, 0) is 42.3 Å². The molecule has 0 radical (unpaired) electrons. The van der Waals surface area contributed by atoms with E-state index >= 15 is 0 Å². The van der Waals surface area contributed by atoms with Crippen molar-refractivity contribution in [2.75, 3.05) is 5.32 Å². The highest BCUT2D eigenvalue weighted by atomic mass is 19.3. The highest BCUT2D eigenvalue weighted by Gasteiger charge is 2.23. The fraction of sp³-hybridized carbons (Fsp3) is 0.278. The van der Waals surface area contributed by atoms with Crippen LogP contribution in [0.15, 0.2) is 48.7 Å². The predicted molar refractivity (Wildman–Crippen MR) is 95.8 cm³/mol. The Hall–Kier alpha value is -3.23. The van der Waals surface area contributed by atoms with Crippen molar-refractivity contribution in [2.24, 2.45) is 5.92 Å². The molecule has 0 bridgehead atoms. The summed E-state index contributed by atoms with van der Waals surface area (Å²) in [6.07, 6.45) is 1.83. The van der Waals surface area contributed by atoms with Gasteiger partial charge in [0.15, 0.2) is 11.5 Å². The minimum absolute atomic E-state index is 0.0194. The lowest BCUT2D eigenvalue weighted by Gasteiger charge is -2.21. The van der Waals surface area contributed by atoms with Crippen LogP contribution in [0.25, 0.3) is 5.65 Å². The number of carbonyl (C=O) groups is 1. The third-order valence-electron chi connectivity index (χ3n) is 3.91. The van der Waals surface area contributed by atoms with Crippen LogP contribution in [-0.2, 0) is 0 Å². The van der Waals surface area contributed by atoms with E-state index in [9.17, 15) is 13.6 Å². The summed E-state index contributed by atoms with van der Waals surface area (Å²) < 4.78 is 30.5. The van der Waals surface area contributed by atoms with Gasteiger partial charge in [0.2, 0.25) is 0 Å². The monoisotopic (exact) mass is 375 g/mol. The van der Waals surface area contributed by atoms with E-state index in [0.29, 0.717) is 17.2 Å². The number of halogens is 2. The molecule has 9 heteroatoms. The van der Waals surface area contributed by atoms with Crippen LogP contribution in [0.5, 0.6) is 5.75 Å². The summed E-state index contributed by atoms with van der Waals surface area (Å²) in [5.41, 5.74) is 1.14. The molecule has 1 atom stereocenters. The lowest BCUT2D eigenvalue weighted by molar-refractivity contribution is -0.0498. The van der Waals surface area contributed by atoms with Gasteiger partial charge in [-0.3, -0.25) is 4.40 Å². The molecule has 0 fully saturated rings. The van der Waals surface area contributed by atoms with Crippen molar-refractivity contribution in [2.45, 2.75) is 26.5 Å². The van der Waals surface area contributed by atoms with Gasteiger partial charge in [0.05, 0.1) is 6.04 Å². The van der Waals surface area contributed by atoms with Crippen LogP contribution in [0.3, 0.4) is 0 Å². The molecule has 0 aliphatic rings. The van der Waals surface area contributed by atoms with Gasteiger partial charge in [0, 0.05) is 11.9 Å². The molecule has 0 saturated carbocycles. The van der Waals surface area contributed by atoms with E-state index in [-0.39, 0.29) is 17.7 Å². The average molecular weight is 375 g/mol. The van der Waals surface area contributed by atoms with Crippen LogP contribution in [0.4, 0.5) is 19.3 Å². The van der Waals surface area contributed by atoms with Crippen LogP contribution in [0, 0.1) is 5.92 Å². The first-order valence-corrected chi connectivity index (χ1v) is 8.36. The third-order valence-corrected chi connectivity index (χ3v) is 3.91. The Labute approximate surface area is 154 Å². The smallest absolute Gasteiger partial charge is 0.387 e. The van der Waals surface area contributed by atoms with E-state index in [1.54, 1.807) is 0 Å². The molecule has 2 amide bonds. The van der Waals surface area contributed by atoms with E-state index in [0.717, 1.165) is 0 Å². The number of benzene rings is 1. The number of fused-ring (bicyclic) bond motifs is 1. The Balaban J connectivity index is 1.70. The fourth-order valence-electron chi connectivity index (χ4n) is 2.63. The first kappa shape index (κ1) is 18.6. The van der Waals surface area contributed by atoms with Crippen LogP contribution in [0.1, 0.15) is 25.7 Å². The molecule has 0 aliphatic heterocycles. The third kappa shape index (κ3) is 4.49. The molecule has 2 N–H and O–H groups in total. The van der Waals surface area contributed by atoms with Gasteiger partial charge in [-0.15, -0.1) is 10.2 Å². The quantitative estimate of drug-likeness (QED) is 0.686. The number of alkyl halides is 2. The molecule has 27 heavy (non-hydrogen) atoms. The van der Waals surface area contributed by atoms with E-state index < -0.39 is 12.6 Å². The molecule has 2 heterocycles. The summed E-state index contributed by atoms with van der Waals surface area (Å²) in [5.74, 6) is 0.701. The molecule has 2 aromatic heterocycles. The van der Waals surface area contributed by atoms with Gasteiger partial charge in [-0.2, -0.15) is 8.78 Å². The molecule has 0 aliphatic carbocycles. The minimum Gasteiger partial charge on any atom is -0.435 e. The van der Waals surface area contributed by atoms with E-state index in [4.69, 9.17) is 0 Å². The Morgan fingerprint density at radius 2 is 1.85 bits per heavy atom. The van der Waals surface area contributed by atoms with Crippen molar-refractivity contribution >= 4 is 17.4 Å². The zero-order valence-electron chi connectivity index (χ0n) is 14.8. The van der Waals surface area contributed by atoms with E-state index in [2.05, 4.69) is 25.6 Å². The Morgan fingerprint density at radius 1 is 1.11 bits per heavy atom. The van der Waals surface area contributed by atoms with E-state index in [1.807, 2.05) is 42.6 Å². The van der Waals surface area contributed by atoms with Crippen LogP contribution < -0.4 is 15.4 Å². The normalized spacial score (nSPS) is 12.4. The number of carbonyl (C=O) groups excluding carboxylic acids is 1. The summed E-state index contributed by atoms with van der Waals surface area (Å²) in [4.78, 5) is 12.4. The standard InChI is InChI=1S/C18H19F2N5O2/c1-11(2)15(16-24-23-14-5-3-4-10-25(14)16)22-18(26)21-12-6-8-13(9-7-12)27-17(19)20/h3-11,15,17H,1-2H3,(H2,21,22,26). The van der Waals surface area contributed by atoms with Crippen molar-refractivity contribution in [1.82, 2.24) is 19.9 Å². The number of hydrogen-bond acceptors (Lipinski definition) is 4. The molecule has 1 unspecified atom stereocenters. The predicted octanol–water partition coefficient (Wildman–Crippen LogP) is 3.85. The van der Waals surface area contributed by atoms with Crippen molar-refractivity contribution in [3.63, 3.8) is 0 Å². The number of ether oxygens (including phenoxy) is 1. The second-order valence-corrected chi connectivity index (χ2v) is 6.21. The Morgan fingerprint density at radius 3 is 2.52 bits per heavy atom. The maximum absolute atomic E-state index is 12.4. The van der Waals surface area contributed by atoms with Crippen molar-refractivity contribution in [3.8, 4) is 5.75 Å². The highest BCUT2D eigenvalue weighted by molar-refractivity contribution is 5.89. The number of urea groups is 1. The molecule has 0 spiro atoms. The van der Waals surface area contributed by atoms with Crippen LogP contribution in [0.2, 0.25) is 0 Å². The molecular formula is C18H19F2N5O2. The van der Waals surface area contributed by atoms with E-state index in [1.165, 1.54) is 24.3 Å². The Bertz CT molecular complexity index is 912. The van der Waals surface area contributed by atoms with Gasteiger partial charge in [-0.1, -0.05) is 19.9 Å². The zero-order valence-corrected chi connectivity index (χ0v) is 14.8. The number of aromatic nitrogens is 3. The van der Waals surface area contributed by atoms with Gasteiger partial charge in [0.25, 0.3) is 0 Å². The largest absolute Gasteiger partial charge is 0.435 e. The van der Waals surface area contributed by atoms with Crippen LogP contribution in [-0.4, -0.2) is 27.2 Å². The molecule has 0 saturated heterocycles. The minimum atomic E-state index is -2.89. The van der Waals surface area contributed by atoms with Gasteiger partial charge in [0.1, 0.15) is 5.75 Å². The highest BCUT2D eigenvalue weighted by Crippen LogP contribution is 2.22. The summed E-state index contributed by atoms with van der Waals surface area (Å²) in [7, 11) is 0. The second kappa shape index (κ2) is 7.98. The molecule has 3 aromatic rings. The lowest BCUT2D eigenvalue weighted by Crippen LogP contribution is -2.36. The van der Waals surface area contributed by atoms with Gasteiger partial charge in [-0.25, -0.2) is 4.79 Å². The zero-order chi connectivity index (χ0) is 19.4. The van der Waals surface area contributed by atoms with Gasteiger partial charge >= 0.3 is 12.6 Å². The number of hydrogen-bond donors (Lipinski definition) is 2. The fourth-order valence-corrected chi connectivity index (χ4v) is 2.63. The summed E-state index contributed by atoms with van der Waals surface area (Å²) >= 11 is 0. The Kier molecular flexibility index (Phi) is 5.49. The van der Waals surface area contributed by atoms with Gasteiger partial charge < -0.3 is 15.4 Å². The topological polar surface area (TPSA) is 80.5 Å². The second-order valence-electron chi connectivity index (χ2n) is 6.21. The average Bonchev–Trinajstić information content (AvgIpc) is 3.04. The molecule has 1 aromatic carbocycles. The maximum atomic E-state index is 12.4. The summed E-state index contributed by atoms with van der Waals surface area (Å²) in [5, 5.41) is 13.9. The molecular weight excluding hydrogens is 356 g/mol. The SMILES string of the molecule is CC(C)C(NC(=O)Nc1ccc(OC(F)F)cc1)c1nnc2ccccn12. The number of nitrogens with zero attached hydrogens (tertiary/aromatic N) is 3. The number of amides is 2. The number of pyridine rings is 1. The first-order chi connectivity index (χ1) is 12.9. The van der Waals surface area contributed by atoms with Crippen molar-refractivity contribution in [1.29, 1.82) is 0 Å². The summed E-state index contributed by atoms with van der Waals surface area (Å²) in [6, 6.07) is 10.4. The lowest BCUT2D eigenvalue weighted by atomic mass is 10.0. The van der Waals surface area contributed by atoms with Crippen molar-refractivity contribution < 1.29 is 18.3 Å². The van der Waals surface area contributed by atoms with Crippen LogP contribution >= 0.6 is 0 Å². The number of anilines is 1. The molecule has 7 nitrogen and oxygen atoms in total. The first-order valence-electron chi connectivity index (χ1n) is 8.36.